The Kier molecular flexibility index (Phi) is 6.38. The summed E-state index contributed by atoms with van der Waals surface area (Å²) in [5.74, 6) is 0.558. The predicted octanol–water partition coefficient (Wildman–Crippen LogP) is 4.61. The van der Waals surface area contributed by atoms with Crippen LogP contribution in [0.3, 0.4) is 0 Å². The molecule has 0 bridgehead atoms. The molecule has 2 aliphatic heterocycles. The van der Waals surface area contributed by atoms with E-state index in [0.717, 1.165) is 66.4 Å². The van der Waals surface area contributed by atoms with E-state index in [-0.39, 0.29) is 5.91 Å². The first kappa shape index (κ1) is 23.6. The zero-order valence-electron chi connectivity index (χ0n) is 20.4. The summed E-state index contributed by atoms with van der Waals surface area (Å²) in [5, 5.41) is 10.3. The van der Waals surface area contributed by atoms with Gasteiger partial charge in [0.2, 0.25) is 11.9 Å². The molecule has 1 amide bonds. The van der Waals surface area contributed by atoms with Crippen LogP contribution in [0.1, 0.15) is 36.2 Å². The van der Waals surface area contributed by atoms with Crippen LogP contribution in [0.4, 0.5) is 23.0 Å². The van der Waals surface area contributed by atoms with Gasteiger partial charge in [0, 0.05) is 43.2 Å². The number of aryl methyl sites for hydroxylation is 3. The van der Waals surface area contributed by atoms with Gasteiger partial charge in [-0.3, -0.25) is 4.79 Å². The number of piperazine rings is 1. The zero-order chi connectivity index (χ0) is 24.6. The number of aromatic nitrogens is 2. The van der Waals surface area contributed by atoms with Crippen LogP contribution in [0, 0.1) is 6.92 Å². The van der Waals surface area contributed by atoms with E-state index >= 15 is 0 Å². The minimum absolute atomic E-state index is 0.0323. The quantitative estimate of drug-likeness (QED) is 0.468. The maximum atomic E-state index is 12.4. The molecule has 2 aromatic carbocycles. The molecule has 0 atom stereocenters. The summed E-state index contributed by atoms with van der Waals surface area (Å²) < 4.78 is 0. The summed E-state index contributed by atoms with van der Waals surface area (Å²) >= 11 is 6.47. The molecule has 0 unspecified atom stereocenters. The molecule has 3 N–H and O–H groups in total. The van der Waals surface area contributed by atoms with Crippen molar-refractivity contribution in [1.29, 1.82) is 0 Å². The summed E-state index contributed by atoms with van der Waals surface area (Å²) in [6, 6.07) is 12.5. The van der Waals surface area contributed by atoms with Crippen molar-refractivity contribution >= 4 is 40.5 Å². The van der Waals surface area contributed by atoms with Gasteiger partial charge in [0.15, 0.2) is 0 Å². The number of nitrogens with zero attached hydrogens (tertiary/aromatic N) is 3. The summed E-state index contributed by atoms with van der Waals surface area (Å²) in [6.45, 7) is 10.1. The number of halogens is 1. The first-order valence-electron chi connectivity index (χ1n) is 12.1. The van der Waals surface area contributed by atoms with Crippen LogP contribution in [-0.2, 0) is 23.1 Å². The second-order valence-electron chi connectivity index (χ2n) is 9.77. The maximum Gasteiger partial charge on any atom is 0.234 e. The van der Waals surface area contributed by atoms with E-state index in [1.165, 1.54) is 5.69 Å². The molecule has 5 rings (SSSR count). The Morgan fingerprint density at radius 1 is 1.14 bits per heavy atom. The number of carbonyl (C=O) groups is 1. The molecule has 0 radical (unpaired) electrons. The van der Waals surface area contributed by atoms with Gasteiger partial charge in [0.25, 0.3) is 0 Å². The molecule has 0 spiro atoms. The number of hydrogen-bond acceptors (Lipinski definition) is 6. The van der Waals surface area contributed by atoms with Crippen molar-refractivity contribution in [2.45, 2.75) is 39.0 Å². The molecule has 1 aromatic heterocycles. The van der Waals surface area contributed by atoms with Crippen molar-refractivity contribution in [3.8, 4) is 0 Å². The number of anilines is 4. The van der Waals surface area contributed by atoms with Crippen LogP contribution in [0.5, 0.6) is 0 Å². The van der Waals surface area contributed by atoms with Crippen LogP contribution in [0.25, 0.3) is 0 Å². The molecular formula is C27H31ClN6O. The highest BCUT2D eigenvalue weighted by molar-refractivity contribution is 6.31. The van der Waals surface area contributed by atoms with Crippen LogP contribution < -0.4 is 20.9 Å². The van der Waals surface area contributed by atoms with Crippen molar-refractivity contribution < 1.29 is 4.79 Å². The Bertz CT molecular complexity index is 1270. The predicted molar refractivity (Wildman–Crippen MR) is 142 cm³/mol. The Morgan fingerprint density at radius 2 is 1.94 bits per heavy atom. The first-order chi connectivity index (χ1) is 16.8. The van der Waals surface area contributed by atoms with Gasteiger partial charge in [0.05, 0.1) is 22.3 Å². The third-order valence-electron chi connectivity index (χ3n) is 6.98. The first-order valence-corrected chi connectivity index (χ1v) is 12.5. The average molecular weight is 491 g/mol. The van der Waals surface area contributed by atoms with Gasteiger partial charge in [0.1, 0.15) is 0 Å². The van der Waals surface area contributed by atoms with Crippen LogP contribution in [0.2, 0.25) is 5.02 Å². The lowest BCUT2D eigenvalue weighted by Gasteiger charge is -2.30. The Morgan fingerprint density at radius 3 is 2.71 bits per heavy atom. The standard InChI is InChI=1S/C27H31ClN6O/c1-17-15-19(34-13-11-29-12-14-34)8-10-21(17)32-26-30-16-20(28)22(33-26)9-7-18-5-4-6-23-24(18)27(2,3)25(35)31-23/h4-6,8,10,15-16,29H,7,9,11-14H2,1-3H3,(H,31,35)(H,30,32,33). The Balaban J connectivity index is 1.32. The second-order valence-corrected chi connectivity index (χ2v) is 10.2. The van der Waals surface area contributed by atoms with E-state index in [0.29, 0.717) is 17.4 Å². The summed E-state index contributed by atoms with van der Waals surface area (Å²) in [6.07, 6.45) is 3.04. The molecule has 2 aliphatic rings. The monoisotopic (exact) mass is 490 g/mol. The van der Waals surface area contributed by atoms with Gasteiger partial charge >= 0.3 is 0 Å². The maximum absolute atomic E-state index is 12.4. The molecular weight excluding hydrogens is 460 g/mol. The number of amides is 1. The fourth-order valence-corrected chi connectivity index (χ4v) is 5.15. The van der Waals surface area contributed by atoms with Gasteiger partial charge in [-0.25, -0.2) is 9.97 Å². The SMILES string of the molecule is Cc1cc(N2CCNCC2)ccc1Nc1ncc(Cl)c(CCc2cccc3c2C(C)(C)C(=O)N3)n1. The molecule has 1 fully saturated rings. The highest BCUT2D eigenvalue weighted by Gasteiger charge is 2.39. The van der Waals surface area contributed by atoms with E-state index in [2.05, 4.69) is 57.0 Å². The van der Waals surface area contributed by atoms with E-state index in [1.807, 2.05) is 26.0 Å². The topological polar surface area (TPSA) is 82.2 Å². The van der Waals surface area contributed by atoms with E-state index < -0.39 is 5.41 Å². The van der Waals surface area contributed by atoms with Gasteiger partial charge in [-0.05, 0) is 74.6 Å². The molecule has 1 saturated heterocycles. The van der Waals surface area contributed by atoms with Crippen molar-refractivity contribution in [3.63, 3.8) is 0 Å². The fourth-order valence-electron chi connectivity index (χ4n) is 4.96. The van der Waals surface area contributed by atoms with Gasteiger partial charge in [-0.2, -0.15) is 0 Å². The fraction of sp³-hybridized carbons (Fsp3) is 0.370. The third-order valence-corrected chi connectivity index (χ3v) is 7.29. The molecule has 3 aromatic rings. The number of hydrogen-bond donors (Lipinski definition) is 3. The van der Waals surface area contributed by atoms with Crippen LogP contribution in [-0.4, -0.2) is 42.1 Å². The third kappa shape index (κ3) is 4.70. The highest BCUT2D eigenvalue weighted by Crippen LogP contribution is 2.40. The summed E-state index contributed by atoms with van der Waals surface area (Å²) in [5.41, 5.74) is 6.68. The van der Waals surface area contributed by atoms with Gasteiger partial charge in [-0.15, -0.1) is 0 Å². The molecule has 0 aliphatic carbocycles. The van der Waals surface area contributed by atoms with Crippen molar-refractivity contribution in [2.24, 2.45) is 0 Å². The van der Waals surface area contributed by atoms with E-state index in [4.69, 9.17) is 16.6 Å². The second kappa shape index (κ2) is 9.47. The van der Waals surface area contributed by atoms with Crippen molar-refractivity contribution in [1.82, 2.24) is 15.3 Å². The van der Waals surface area contributed by atoms with E-state index in [1.54, 1.807) is 6.20 Å². The number of nitrogens with one attached hydrogen (secondary N) is 3. The molecule has 0 saturated carbocycles. The number of rotatable bonds is 6. The molecule has 35 heavy (non-hydrogen) atoms. The summed E-state index contributed by atoms with van der Waals surface area (Å²) in [7, 11) is 0. The Labute approximate surface area is 211 Å². The lowest BCUT2D eigenvalue weighted by molar-refractivity contribution is -0.119. The minimum atomic E-state index is -0.553. The lowest BCUT2D eigenvalue weighted by atomic mass is 9.82. The normalized spacial score (nSPS) is 16.7. The van der Waals surface area contributed by atoms with Gasteiger partial charge < -0.3 is 20.9 Å². The zero-order valence-corrected chi connectivity index (χ0v) is 21.2. The van der Waals surface area contributed by atoms with Gasteiger partial charge in [-0.1, -0.05) is 23.7 Å². The minimum Gasteiger partial charge on any atom is -0.369 e. The number of benzene rings is 2. The smallest absolute Gasteiger partial charge is 0.234 e. The lowest BCUT2D eigenvalue weighted by Crippen LogP contribution is -2.43. The van der Waals surface area contributed by atoms with Crippen molar-refractivity contribution in [2.75, 3.05) is 41.7 Å². The number of fused-ring (bicyclic) bond motifs is 1. The average Bonchev–Trinajstić information content (AvgIpc) is 3.09. The molecule has 182 valence electrons. The van der Waals surface area contributed by atoms with Crippen molar-refractivity contribution in [3.05, 3.63) is 70.0 Å². The largest absolute Gasteiger partial charge is 0.369 e. The van der Waals surface area contributed by atoms with E-state index in [9.17, 15) is 4.79 Å². The molecule has 3 heterocycles. The number of carbonyl (C=O) groups excluding carboxylic acids is 1. The Hall–Kier alpha value is -3.16. The van der Waals surface area contributed by atoms with Crippen LogP contribution in [0.15, 0.2) is 42.6 Å². The molecule has 8 heteroatoms. The molecule has 7 nitrogen and oxygen atoms in total. The highest BCUT2D eigenvalue weighted by atomic mass is 35.5. The summed E-state index contributed by atoms with van der Waals surface area (Å²) in [4.78, 5) is 24.0. The van der Waals surface area contributed by atoms with Crippen LogP contribution >= 0.6 is 11.6 Å².